The molecule has 240 valence electrons. The lowest BCUT2D eigenvalue weighted by Crippen LogP contribution is -2.30. The number of amides is 3. The summed E-state index contributed by atoms with van der Waals surface area (Å²) in [6.45, 7) is 0. The number of benzene rings is 5. The van der Waals surface area contributed by atoms with Crippen molar-refractivity contribution in [2.24, 2.45) is 0 Å². The highest BCUT2D eigenvalue weighted by atomic mass is 79.9. The standard InChI is InChI=1S/C37H27BrClN3O5S/c38-27-14-11-23(12-15-27)21-32(42-34(43)25-9-5-2-6-10-25)35(44)40-28-16-18-29(19-17-28)48-33(24-7-3-1-4-8-24)36(45)41-31-22-26(37(46)47)13-20-30(31)39/h1-22,33H,(H,40,44)(H,41,45)(H,42,43)(H,46,47)/b32-21-. The van der Waals surface area contributed by atoms with E-state index in [0.29, 0.717) is 16.8 Å². The first-order chi connectivity index (χ1) is 23.2. The molecular weight excluding hydrogens is 714 g/mol. The van der Waals surface area contributed by atoms with Crippen LogP contribution in [0.5, 0.6) is 0 Å². The van der Waals surface area contributed by atoms with Gasteiger partial charge < -0.3 is 21.1 Å². The number of halogens is 2. The first-order valence-corrected chi connectivity index (χ1v) is 16.5. The molecule has 5 aromatic carbocycles. The van der Waals surface area contributed by atoms with Crippen molar-refractivity contribution < 1.29 is 24.3 Å². The second-order valence-corrected chi connectivity index (χ2v) is 12.8. The van der Waals surface area contributed by atoms with E-state index in [-0.39, 0.29) is 22.0 Å². The Morgan fingerprint density at radius 1 is 0.750 bits per heavy atom. The molecule has 0 aliphatic rings. The molecule has 0 saturated carbocycles. The van der Waals surface area contributed by atoms with Crippen molar-refractivity contribution in [3.05, 3.63) is 165 Å². The Bertz CT molecular complexity index is 1970. The van der Waals surface area contributed by atoms with E-state index in [0.717, 1.165) is 14.9 Å². The summed E-state index contributed by atoms with van der Waals surface area (Å²) in [6.07, 6.45) is 1.59. The lowest BCUT2D eigenvalue weighted by atomic mass is 10.1. The minimum atomic E-state index is -1.14. The third-order valence-corrected chi connectivity index (χ3v) is 9.01. The number of carboxylic acid groups (broad SMARTS) is 1. The molecule has 0 heterocycles. The van der Waals surface area contributed by atoms with Gasteiger partial charge in [0.1, 0.15) is 10.9 Å². The first kappa shape index (κ1) is 34.2. The van der Waals surface area contributed by atoms with Gasteiger partial charge in [-0.2, -0.15) is 0 Å². The van der Waals surface area contributed by atoms with Crippen molar-refractivity contribution in [2.75, 3.05) is 10.6 Å². The van der Waals surface area contributed by atoms with Gasteiger partial charge in [0.25, 0.3) is 11.8 Å². The molecule has 1 atom stereocenters. The molecule has 0 aliphatic carbocycles. The molecule has 0 bridgehead atoms. The number of hydrogen-bond donors (Lipinski definition) is 4. The molecule has 4 N–H and O–H groups in total. The number of carbonyl (C=O) groups excluding carboxylic acids is 3. The zero-order valence-electron chi connectivity index (χ0n) is 25.0. The Balaban J connectivity index is 1.34. The Hall–Kier alpha value is -5.16. The van der Waals surface area contributed by atoms with Crippen LogP contribution in [0.2, 0.25) is 5.02 Å². The number of carboxylic acids is 1. The molecule has 5 rings (SSSR count). The number of carbonyl (C=O) groups is 4. The minimum absolute atomic E-state index is 0.00859. The molecule has 5 aromatic rings. The number of aromatic carboxylic acids is 1. The second kappa shape index (κ2) is 16.1. The molecule has 3 amide bonds. The fourth-order valence-electron chi connectivity index (χ4n) is 4.47. The monoisotopic (exact) mass is 739 g/mol. The highest BCUT2D eigenvalue weighted by Crippen LogP contribution is 2.37. The number of thioether (sulfide) groups is 1. The number of rotatable bonds is 11. The van der Waals surface area contributed by atoms with E-state index in [2.05, 4.69) is 31.9 Å². The van der Waals surface area contributed by atoms with Crippen molar-refractivity contribution in [2.45, 2.75) is 10.1 Å². The second-order valence-electron chi connectivity index (χ2n) is 10.3. The predicted octanol–water partition coefficient (Wildman–Crippen LogP) is 8.68. The number of nitrogens with one attached hydrogen (secondary N) is 3. The van der Waals surface area contributed by atoms with Gasteiger partial charge in [-0.3, -0.25) is 14.4 Å². The van der Waals surface area contributed by atoms with E-state index in [9.17, 15) is 24.3 Å². The van der Waals surface area contributed by atoms with Crippen LogP contribution in [-0.2, 0) is 9.59 Å². The third-order valence-electron chi connectivity index (χ3n) is 6.89. The quantitative estimate of drug-likeness (QED) is 0.0794. The zero-order chi connectivity index (χ0) is 34.0. The Kier molecular flexibility index (Phi) is 11.5. The third kappa shape index (κ3) is 9.22. The molecule has 0 aliphatic heterocycles. The summed E-state index contributed by atoms with van der Waals surface area (Å²) < 4.78 is 0.875. The molecule has 1 unspecified atom stereocenters. The molecule has 48 heavy (non-hydrogen) atoms. The summed E-state index contributed by atoms with van der Waals surface area (Å²) >= 11 is 10.9. The van der Waals surface area contributed by atoms with E-state index in [1.54, 1.807) is 60.7 Å². The highest BCUT2D eigenvalue weighted by molar-refractivity contribution is 9.10. The van der Waals surface area contributed by atoms with Crippen LogP contribution in [0, 0.1) is 0 Å². The minimum Gasteiger partial charge on any atom is -0.478 e. The van der Waals surface area contributed by atoms with Crippen molar-refractivity contribution in [1.29, 1.82) is 0 Å². The van der Waals surface area contributed by atoms with Crippen LogP contribution in [0.1, 0.15) is 37.1 Å². The molecular formula is C37H27BrClN3O5S. The van der Waals surface area contributed by atoms with Gasteiger partial charge in [0.2, 0.25) is 5.91 Å². The van der Waals surface area contributed by atoms with Gasteiger partial charge in [0.05, 0.1) is 16.3 Å². The van der Waals surface area contributed by atoms with Gasteiger partial charge >= 0.3 is 5.97 Å². The normalized spacial score (nSPS) is 11.7. The summed E-state index contributed by atoms with van der Waals surface area (Å²) in [7, 11) is 0. The number of anilines is 2. The zero-order valence-corrected chi connectivity index (χ0v) is 28.2. The molecule has 0 saturated heterocycles. The van der Waals surface area contributed by atoms with Crippen molar-refractivity contribution in [3.63, 3.8) is 0 Å². The van der Waals surface area contributed by atoms with Gasteiger partial charge in [0, 0.05) is 20.6 Å². The maximum atomic E-state index is 13.6. The van der Waals surface area contributed by atoms with Crippen LogP contribution >= 0.6 is 39.3 Å². The summed E-state index contributed by atoms with van der Waals surface area (Å²) in [5.74, 6) is -2.49. The van der Waals surface area contributed by atoms with Crippen LogP contribution in [0.25, 0.3) is 6.08 Å². The summed E-state index contributed by atoms with van der Waals surface area (Å²) in [5.41, 5.74) is 2.54. The molecule has 0 radical (unpaired) electrons. The predicted molar refractivity (Wildman–Crippen MR) is 193 cm³/mol. The van der Waals surface area contributed by atoms with Crippen molar-refractivity contribution >= 4 is 80.4 Å². The van der Waals surface area contributed by atoms with E-state index in [4.69, 9.17) is 11.6 Å². The van der Waals surface area contributed by atoms with Crippen LogP contribution in [0.15, 0.2) is 142 Å². The Labute approximate surface area is 294 Å². The highest BCUT2D eigenvalue weighted by Gasteiger charge is 2.24. The SMILES string of the molecule is O=C(Nc1ccc(SC(C(=O)Nc2cc(C(=O)O)ccc2Cl)c2ccccc2)cc1)/C(=C/c1ccc(Br)cc1)NC(=O)c1ccccc1. The maximum absolute atomic E-state index is 13.6. The fourth-order valence-corrected chi connectivity index (χ4v) is 5.93. The fraction of sp³-hybridized carbons (Fsp3) is 0.0270. The maximum Gasteiger partial charge on any atom is 0.335 e. The van der Waals surface area contributed by atoms with Gasteiger partial charge in [-0.15, -0.1) is 11.8 Å². The molecule has 0 spiro atoms. The number of hydrogen-bond acceptors (Lipinski definition) is 5. The summed E-state index contributed by atoms with van der Waals surface area (Å²) in [5, 5.41) is 17.2. The van der Waals surface area contributed by atoms with E-state index < -0.39 is 28.9 Å². The van der Waals surface area contributed by atoms with Crippen LogP contribution in [0.3, 0.4) is 0 Å². The van der Waals surface area contributed by atoms with Crippen molar-refractivity contribution in [3.8, 4) is 0 Å². The largest absolute Gasteiger partial charge is 0.478 e. The van der Waals surface area contributed by atoms with Gasteiger partial charge in [-0.25, -0.2) is 4.79 Å². The van der Waals surface area contributed by atoms with Gasteiger partial charge in [0.15, 0.2) is 0 Å². The van der Waals surface area contributed by atoms with Crippen LogP contribution in [0.4, 0.5) is 11.4 Å². The van der Waals surface area contributed by atoms with Gasteiger partial charge in [-0.05, 0) is 83.9 Å². The Morgan fingerprint density at radius 3 is 2.04 bits per heavy atom. The Morgan fingerprint density at radius 2 is 1.40 bits per heavy atom. The average Bonchev–Trinajstić information content (AvgIpc) is 3.10. The molecule has 0 aromatic heterocycles. The smallest absolute Gasteiger partial charge is 0.335 e. The topological polar surface area (TPSA) is 125 Å². The van der Waals surface area contributed by atoms with E-state index in [1.165, 1.54) is 30.0 Å². The van der Waals surface area contributed by atoms with Gasteiger partial charge in [-0.1, -0.05) is 88.2 Å². The first-order valence-electron chi connectivity index (χ1n) is 14.5. The van der Waals surface area contributed by atoms with E-state index >= 15 is 0 Å². The van der Waals surface area contributed by atoms with Crippen LogP contribution < -0.4 is 16.0 Å². The summed E-state index contributed by atoms with van der Waals surface area (Å²) in [6, 6.07) is 36.1. The average molecular weight is 741 g/mol. The van der Waals surface area contributed by atoms with E-state index in [1.807, 2.05) is 54.6 Å². The lowest BCUT2D eigenvalue weighted by Gasteiger charge is -2.18. The lowest BCUT2D eigenvalue weighted by molar-refractivity contribution is -0.116. The molecule has 11 heteroatoms. The molecule has 8 nitrogen and oxygen atoms in total. The van der Waals surface area contributed by atoms with Crippen LogP contribution in [-0.4, -0.2) is 28.8 Å². The van der Waals surface area contributed by atoms with Crippen molar-refractivity contribution in [1.82, 2.24) is 5.32 Å². The summed E-state index contributed by atoms with van der Waals surface area (Å²) in [4.78, 5) is 52.1. The molecule has 0 fully saturated rings.